The summed E-state index contributed by atoms with van der Waals surface area (Å²) in [5.41, 5.74) is 2.22. The Morgan fingerprint density at radius 1 is 1.10 bits per heavy atom. The van der Waals surface area contributed by atoms with Gasteiger partial charge in [0.25, 0.3) is 5.91 Å². The highest BCUT2D eigenvalue weighted by Crippen LogP contribution is 2.37. The van der Waals surface area contributed by atoms with Crippen molar-refractivity contribution in [2.24, 2.45) is 5.92 Å². The molecule has 0 bridgehead atoms. The molecule has 2 heterocycles. The van der Waals surface area contributed by atoms with Gasteiger partial charge in [0.05, 0.1) is 17.7 Å². The number of rotatable bonds is 4. The minimum Gasteiger partial charge on any atom is -0.371 e. The average Bonchev–Trinajstić information content (AvgIpc) is 2.78. The van der Waals surface area contributed by atoms with Gasteiger partial charge in [-0.2, -0.15) is 13.2 Å². The molecule has 0 spiro atoms. The smallest absolute Gasteiger partial charge is 0.371 e. The van der Waals surface area contributed by atoms with Crippen LogP contribution in [0.15, 0.2) is 60.8 Å². The number of anilines is 1. The summed E-state index contributed by atoms with van der Waals surface area (Å²) in [4.78, 5) is 19.0. The van der Waals surface area contributed by atoms with Gasteiger partial charge in [-0.05, 0) is 55.5 Å². The van der Waals surface area contributed by atoms with Gasteiger partial charge in [0.2, 0.25) is 0 Å². The summed E-state index contributed by atoms with van der Waals surface area (Å²) in [7, 11) is 0. The monoisotopic (exact) mass is 427 g/mol. The lowest BCUT2D eigenvalue weighted by Crippen LogP contribution is -2.39. The van der Waals surface area contributed by atoms with E-state index in [0.29, 0.717) is 18.7 Å². The molecule has 7 heteroatoms. The second-order valence-corrected chi connectivity index (χ2v) is 7.97. The SMILES string of the molecule is C[C@H](NC(=O)c1ccc2c(N3CCC(C(F)(F)F)CC3)cccc2c1)c1ccccn1. The molecule has 0 radical (unpaired) electrons. The van der Waals surface area contributed by atoms with Crippen molar-refractivity contribution in [3.63, 3.8) is 0 Å². The third kappa shape index (κ3) is 4.65. The molecule has 1 amide bonds. The van der Waals surface area contributed by atoms with Gasteiger partial charge in [0.1, 0.15) is 0 Å². The maximum Gasteiger partial charge on any atom is 0.391 e. The van der Waals surface area contributed by atoms with E-state index in [1.807, 2.05) is 60.4 Å². The van der Waals surface area contributed by atoms with Crippen LogP contribution in [-0.4, -0.2) is 30.2 Å². The number of carbonyl (C=O) groups is 1. The molecule has 1 atom stereocenters. The van der Waals surface area contributed by atoms with Crippen LogP contribution in [0.1, 0.15) is 41.9 Å². The Balaban J connectivity index is 1.51. The highest BCUT2D eigenvalue weighted by molar-refractivity contribution is 6.02. The van der Waals surface area contributed by atoms with Crippen molar-refractivity contribution in [3.8, 4) is 0 Å². The van der Waals surface area contributed by atoms with Gasteiger partial charge in [0, 0.05) is 35.9 Å². The summed E-state index contributed by atoms with van der Waals surface area (Å²) in [6.45, 7) is 2.62. The molecule has 1 saturated heterocycles. The third-order valence-electron chi connectivity index (χ3n) is 5.90. The van der Waals surface area contributed by atoms with Crippen molar-refractivity contribution in [1.29, 1.82) is 0 Å². The molecule has 0 saturated carbocycles. The molecule has 2 aromatic carbocycles. The fraction of sp³-hybridized carbons (Fsp3) is 0.333. The maximum atomic E-state index is 13.0. The number of halogens is 3. The lowest BCUT2D eigenvalue weighted by molar-refractivity contribution is -0.179. The van der Waals surface area contributed by atoms with Crippen LogP contribution in [0.2, 0.25) is 0 Å². The predicted molar refractivity (Wildman–Crippen MR) is 115 cm³/mol. The fourth-order valence-corrected chi connectivity index (χ4v) is 4.12. The summed E-state index contributed by atoms with van der Waals surface area (Å²) >= 11 is 0. The highest BCUT2D eigenvalue weighted by atomic mass is 19.4. The van der Waals surface area contributed by atoms with Gasteiger partial charge in [0.15, 0.2) is 0 Å². The number of benzene rings is 2. The molecule has 1 N–H and O–H groups in total. The summed E-state index contributed by atoms with van der Waals surface area (Å²) in [6, 6.07) is 16.5. The zero-order chi connectivity index (χ0) is 22.0. The normalized spacial score (nSPS) is 16.3. The van der Waals surface area contributed by atoms with Crippen LogP contribution in [0, 0.1) is 5.92 Å². The number of piperidine rings is 1. The van der Waals surface area contributed by atoms with Crippen molar-refractivity contribution < 1.29 is 18.0 Å². The number of alkyl halides is 3. The Kier molecular flexibility index (Phi) is 5.85. The predicted octanol–water partition coefficient (Wildman–Crippen LogP) is 5.50. The van der Waals surface area contributed by atoms with Crippen LogP contribution in [0.5, 0.6) is 0 Å². The second-order valence-electron chi connectivity index (χ2n) is 7.97. The van der Waals surface area contributed by atoms with Gasteiger partial charge in [-0.1, -0.05) is 24.3 Å². The minimum atomic E-state index is -4.13. The van der Waals surface area contributed by atoms with Gasteiger partial charge >= 0.3 is 6.18 Å². The Labute approximate surface area is 179 Å². The average molecular weight is 427 g/mol. The van der Waals surface area contributed by atoms with Crippen molar-refractivity contribution >= 4 is 22.4 Å². The topological polar surface area (TPSA) is 45.2 Å². The van der Waals surface area contributed by atoms with E-state index >= 15 is 0 Å². The number of fused-ring (bicyclic) bond motifs is 1. The fourth-order valence-electron chi connectivity index (χ4n) is 4.12. The molecule has 0 unspecified atom stereocenters. The Morgan fingerprint density at radius 2 is 1.87 bits per heavy atom. The molecular weight excluding hydrogens is 403 g/mol. The number of pyridine rings is 1. The largest absolute Gasteiger partial charge is 0.391 e. The van der Waals surface area contributed by atoms with E-state index in [1.165, 1.54) is 0 Å². The molecule has 1 aliphatic rings. The molecule has 1 aliphatic heterocycles. The number of amides is 1. The van der Waals surface area contributed by atoms with Gasteiger partial charge in [-0.3, -0.25) is 9.78 Å². The van der Waals surface area contributed by atoms with E-state index in [-0.39, 0.29) is 24.8 Å². The number of hydrogen-bond donors (Lipinski definition) is 1. The molecule has 0 aliphatic carbocycles. The first-order chi connectivity index (χ1) is 14.8. The van der Waals surface area contributed by atoms with Gasteiger partial charge in [-0.25, -0.2) is 0 Å². The Hall–Kier alpha value is -3.09. The van der Waals surface area contributed by atoms with E-state index in [0.717, 1.165) is 22.2 Å². The summed E-state index contributed by atoms with van der Waals surface area (Å²) in [6.07, 6.45) is -2.23. The quantitative estimate of drug-likeness (QED) is 0.598. The molecule has 4 rings (SSSR count). The van der Waals surface area contributed by atoms with Crippen molar-refractivity contribution in [2.75, 3.05) is 18.0 Å². The minimum absolute atomic E-state index is 0.103. The number of aromatic nitrogens is 1. The molecule has 1 fully saturated rings. The molecule has 3 aromatic rings. The molecule has 4 nitrogen and oxygen atoms in total. The lowest BCUT2D eigenvalue weighted by atomic mass is 9.95. The summed E-state index contributed by atoms with van der Waals surface area (Å²) in [5.74, 6) is -1.42. The zero-order valence-corrected chi connectivity index (χ0v) is 17.2. The molecule has 162 valence electrons. The van der Waals surface area contributed by atoms with Crippen molar-refractivity contribution in [1.82, 2.24) is 10.3 Å². The van der Waals surface area contributed by atoms with Gasteiger partial charge < -0.3 is 10.2 Å². The Bertz CT molecular complexity index is 1060. The third-order valence-corrected chi connectivity index (χ3v) is 5.90. The lowest BCUT2D eigenvalue weighted by Gasteiger charge is -2.35. The van der Waals surface area contributed by atoms with Crippen LogP contribution in [0.4, 0.5) is 18.9 Å². The van der Waals surface area contributed by atoms with E-state index in [4.69, 9.17) is 0 Å². The number of nitrogens with one attached hydrogen (secondary N) is 1. The summed E-state index contributed by atoms with van der Waals surface area (Å²) < 4.78 is 38.9. The van der Waals surface area contributed by atoms with E-state index in [9.17, 15) is 18.0 Å². The summed E-state index contributed by atoms with van der Waals surface area (Å²) in [5, 5.41) is 4.77. The molecule has 1 aromatic heterocycles. The molecule has 31 heavy (non-hydrogen) atoms. The Morgan fingerprint density at radius 3 is 2.55 bits per heavy atom. The van der Waals surface area contributed by atoms with Crippen molar-refractivity contribution in [3.05, 3.63) is 72.1 Å². The van der Waals surface area contributed by atoms with Gasteiger partial charge in [-0.15, -0.1) is 0 Å². The maximum absolute atomic E-state index is 13.0. The number of nitrogens with zero attached hydrogens (tertiary/aromatic N) is 2. The zero-order valence-electron chi connectivity index (χ0n) is 17.2. The van der Waals surface area contributed by atoms with Crippen LogP contribution >= 0.6 is 0 Å². The second kappa shape index (κ2) is 8.57. The van der Waals surface area contributed by atoms with Crippen LogP contribution < -0.4 is 10.2 Å². The first kappa shape index (κ1) is 21.2. The first-order valence-corrected chi connectivity index (χ1v) is 10.4. The van der Waals surface area contributed by atoms with Crippen LogP contribution in [-0.2, 0) is 0 Å². The van der Waals surface area contributed by atoms with Crippen LogP contribution in [0.3, 0.4) is 0 Å². The van der Waals surface area contributed by atoms with Crippen molar-refractivity contribution in [2.45, 2.75) is 32.0 Å². The van der Waals surface area contributed by atoms with E-state index in [2.05, 4.69) is 10.3 Å². The van der Waals surface area contributed by atoms with E-state index in [1.54, 1.807) is 12.3 Å². The van der Waals surface area contributed by atoms with Crippen LogP contribution in [0.25, 0.3) is 10.8 Å². The standard InChI is InChI=1S/C24H24F3N3O/c1-16(21-6-2-3-12-28-21)29-23(31)18-8-9-20-17(15-18)5-4-7-22(20)30-13-10-19(11-14-30)24(25,26)27/h2-9,12,15-16,19H,10-11,13-14H2,1H3,(H,29,31)/t16-/m0/s1. The highest BCUT2D eigenvalue weighted by Gasteiger charge is 2.41. The number of carbonyl (C=O) groups excluding carboxylic acids is 1. The number of hydrogen-bond acceptors (Lipinski definition) is 3. The van der Waals surface area contributed by atoms with E-state index < -0.39 is 12.1 Å². The molecular formula is C24H24F3N3O. The first-order valence-electron chi connectivity index (χ1n) is 10.4.